The lowest BCUT2D eigenvalue weighted by Crippen LogP contribution is -2.28. The number of amides is 1. The second-order valence-electron chi connectivity index (χ2n) is 5.54. The molecule has 12 heteroatoms. The second-order valence-corrected chi connectivity index (χ2v) is 8.57. The van der Waals surface area contributed by atoms with E-state index >= 15 is 0 Å². The van der Waals surface area contributed by atoms with Gasteiger partial charge in [0.2, 0.25) is 5.91 Å². The SMILES string of the molecule is CC(=O)Nc1ncc(S(=O)(=O)NCCNc2cc(N(C)C)nc(C)n2)s1. The van der Waals surface area contributed by atoms with E-state index in [2.05, 4.69) is 30.3 Å². The van der Waals surface area contributed by atoms with Crippen molar-refractivity contribution in [1.29, 1.82) is 0 Å². The Labute approximate surface area is 156 Å². The zero-order valence-electron chi connectivity index (χ0n) is 14.9. The summed E-state index contributed by atoms with van der Waals surface area (Å²) in [5.41, 5.74) is 0. The molecule has 1 amide bonds. The van der Waals surface area contributed by atoms with E-state index in [1.807, 2.05) is 19.0 Å². The number of aryl methyl sites for hydroxylation is 1. The fourth-order valence-corrected chi connectivity index (χ4v) is 4.06. The van der Waals surface area contributed by atoms with E-state index in [-0.39, 0.29) is 21.8 Å². The summed E-state index contributed by atoms with van der Waals surface area (Å²) in [6.45, 7) is 3.63. The molecular formula is C14H21N7O3S2. The third-order valence-corrected chi connectivity index (χ3v) is 5.87. The van der Waals surface area contributed by atoms with E-state index in [1.54, 1.807) is 13.0 Å². The third-order valence-electron chi connectivity index (χ3n) is 3.04. The van der Waals surface area contributed by atoms with Gasteiger partial charge in [0.1, 0.15) is 17.5 Å². The van der Waals surface area contributed by atoms with Gasteiger partial charge in [-0.15, -0.1) is 0 Å². The molecule has 0 aliphatic heterocycles. The highest BCUT2D eigenvalue weighted by molar-refractivity contribution is 7.91. The summed E-state index contributed by atoms with van der Waals surface area (Å²) >= 11 is 0.890. The number of sulfonamides is 1. The maximum absolute atomic E-state index is 12.2. The van der Waals surface area contributed by atoms with Crippen LogP contribution in [-0.4, -0.2) is 56.5 Å². The largest absolute Gasteiger partial charge is 0.369 e. The van der Waals surface area contributed by atoms with Crippen LogP contribution < -0.4 is 20.3 Å². The highest BCUT2D eigenvalue weighted by atomic mass is 32.2. The molecule has 3 N–H and O–H groups in total. The normalized spacial score (nSPS) is 11.2. The monoisotopic (exact) mass is 399 g/mol. The molecule has 0 aromatic carbocycles. The first-order valence-electron chi connectivity index (χ1n) is 7.67. The summed E-state index contributed by atoms with van der Waals surface area (Å²) in [6, 6.07) is 1.78. The molecule has 0 radical (unpaired) electrons. The first-order valence-corrected chi connectivity index (χ1v) is 9.97. The molecule has 142 valence electrons. The van der Waals surface area contributed by atoms with Crippen molar-refractivity contribution in [3.8, 4) is 0 Å². The van der Waals surface area contributed by atoms with Crippen molar-refractivity contribution in [2.24, 2.45) is 0 Å². The average molecular weight is 400 g/mol. The Balaban J connectivity index is 1.91. The molecule has 0 unspecified atom stereocenters. The Morgan fingerprint density at radius 2 is 2.00 bits per heavy atom. The fraction of sp³-hybridized carbons (Fsp3) is 0.429. The zero-order valence-corrected chi connectivity index (χ0v) is 16.5. The third kappa shape index (κ3) is 5.61. The van der Waals surface area contributed by atoms with Gasteiger partial charge in [-0.1, -0.05) is 11.3 Å². The van der Waals surface area contributed by atoms with E-state index in [0.29, 0.717) is 18.2 Å². The molecule has 0 bridgehead atoms. The summed E-state index contributed by atoms with van der Waals surface area (Å²) in [7, 11) is 0.0722. The van der Waals surface area contributed by atoms with Gasteiger partial charge in [0.05, 0.1) is 6.20 Å². The number of nitrogens with one attached hydrogen (secondary N) is 3. The summed E-state index contributed by atoms with van der Waals surface area (Å²) in [5, 5.41) is 5.75. The lowest BCUT2D eigenvalue weighted by Gasteiger charge is -2.14. The van der Waals surface area contributed by atoms with Crippen LogP contribution in [0.3, 0.4) is 0 Å². The molecule has 0 saturated carbocycles. The first-order chi connectivity index (χ1) is 12.2. The zero-order chi connectivity index (χ0) is 19.3. The van der Waals surface area contributed by atoms with Crippen LogP contribution in [0.4, 0.5) is 16.8 Å². The molecule has 0 aliphatic rings. The smallest absolute Gasteiger partial charge is 0.251 e. The van der Waals surface area contributed by atoms with Gasteiger partial charge in [0.25, 0.3) is 10.0 Å². The van der Waals surface area contributed by atoms with Crippen LogP contribution in [0.15, 0.2) is 16.5 Å². The summed E-state index contributed by atoms with van der Waals surface area (Å²) in [6.07, 6.45) is 1.21. The Morgan fingerprint density at radius 3 is 2.65 bits per heavy atom. The van der Waals surface area contributed by atoms with Gasteiger partial charge in [0, 0.05) is 40.2 Å². The topological polar surface area (TPSA) is 129 Å². The highest BCUT2D eigenvalue weighted by Crippen LogP contribution is 2.22. The van der Waals surface area contributed by atoms with E-state index in [9.17, 15) is 13.2 Å². The van der Waals surface area contributed by atoms with Crippen molar-refractivity contribution in [3.63, 3.8) is 0 Å². The van der Waals surface area contributed by atoms with Gasteiger partial charge < -0.3 is 15.5 Å². The second kappa shape index (κ2) is 8.38. The number of thiazole rings is 1. The average Bonchev–Trinajstić information content (AvgIpc) is 2.99. The number of hydrogen-bond acceptors (Lipinski definition) is 9. The molecular weight excluding hydrogens is 378 g/mol. The van der Waals surface area contributed by atoms with Crippen molar-refractivity contribution < 1.29 is 13.2 Å². The number of carbonyl (C=O) groups excluding carboxylic acids is 1. The minimum absolute atomic E-state index is 0.0361. The van der Waals surface area contributed by atoms with E-state index < -0.39 is 10.0 Å². The molecule has 0 saturated heterocycles. The molecule has 2 aromatic rings. The Kier molecular flexibility index (Phi) is 6.45. The minimum Gasteiger partial charge on any atom is -0.369 e. The van der Waals surface area contributed by atoms with Crippen LogP contribution in [0, 0.1) is 6.92 Å². The lowest BCUT2D eigenvalue weighted by atomic mass is 10.4. The Morgan fingerprint density at radius 1 is 1.27 bits per heavy atom. The predicted molar refractivity (Wildman–Crippen MR) is 101 cm³/mol. The maximum atomic E-state index is 12.2. The molecule has 26 heavy (non-hydrogen) atoms. The fourth-order valence-electron chi connectivity index (χ4n) is 1.91. The molecule has 0 spiro atoms. The lowest BCUT2D eigenvalue weighted by molar-refractivity contribution is -0.114. The molecule has 0 fully saturated rings. The van der Waals surface area contributed by atoms with E-state index in [0.717, 1.165) is 17.2 Å². The van der Waals surface area contributed by atoms with Crippen LogP contribution in [0.25, 0.3) is 0 Å². The molecule has 2 heterocycles. The number of hydrogen-bond donors (Lipinski definition) is 3. The molecule has 10 nitrogen and oxygen atoms in total. The number of carbonyl (C=O) groups is 1. The molecule has 2 aromatic heterocycles. The predicted octanol–water partition coefficient (Wildman–Crippen LogP) is 0.656. The standard InChI is InChI=1S/C14H21N7O3S2/c1-9-18-11(7-12(19-9)21(3)4)15-5-6-17-26(23,24)13-8-16-14(25-13)20-10(2)22/h7-8,17H,5-6H2,1-4H3,(H,15,18,19)(H,16,20,22). The van der Waals surface area contributed by atoms with Gasteiger partial charge in [-0.05, 0) is 6.92 Å². The van der Waals surface area contributed by atoms with E-state index in [1.165, 1.54) is 13.1 Å². The summed E-state index contributed by atoms with van der Waals surface area (Å²) < 4.78 is 27.0. The molecule has 2 rings (SSSR count). The minimum atomic E-state index is -3.69. The number of nitrogens with zero attached hydrogens (tertiary/aromatic N) is 4. The van der Waals surface area contributed by atoms with Crippen LogP contribution in [0.1, 0.15) is 12.7 Å². The van der Waals surface area contributed by atoms with Crippen LogP contribution in [0.2, 0.25) is 0 Å². The number of anilines is 3. The van der Waals surface area contributed by atoms with Gasteiger partial charge in [-0.25, -0.2) is 28.1 Å². The quantitative estimate of drug-likeness (QED) is 0.552. The summed E-state index contributed by atoms with van der Waals surface area (Å²) in [4.78, 5) is 25.3. The maximum Gasteiger partial charge on any atom is 0.251 e. The van der Waals surface area contributed by atoms with Crippen LogP contribution in [-0.2, 0) is 14.8 Å². The first kappa shape index (κ1) is 20.0. The van der Waals surface area contributed by atoms with Crippen molar-refractivity contribution >= 4 is 44.0 Å². The Bertz CT molecular complexity index is 880. The van der Waals surface area contributed by atoms with E-state index in [4.69, 9.17) is 0 Å². The van der Waals surface area contributed by atoms with Gasteiger partial charge in [-0.3, -0.25) is 4.79 Å². The van der Waals surface area contributed by atoms with Gasteiger partial charge >= 0.3 is 0 Å². The Hall–Kier alpha value is -2.31. The number of rotatable bonds is 8. The van der Waals surface area contributed by atoms with Gasteiger partial charge in [-0.2, -0.15) is 0 Å². The van der Waals surface area contributed by atoms with Crippen molar-refractivity contribution in [1.82, 2.24) is 19.7 Å². The molecule has 0 atom stereocenters. The number of aromatic nitrogens is 3. The van der Waals surface area contributed by atoms with Crippen LogP contribution in [0.5, 0.6) is 0 Å². The van der Waals surface area contributed by atoms with Gasteiger partial charge in [0.15, 0.2) is 9.34 Å². The summed E-state index contributed by atoms with van der Waals surface area (Å²) in [5.74, 6) is 1.69. The van der Waals surface area contributed by atoms with Crippen LogP contribution >= 0.6 is 11.3 Å². The van der Waals surface area contributed by atoms with Crippen molar-refractivity contribution in [2.45, 2.75) is 18.1 Å². The van der Waals surface area contributed by atoms with Crippen molar-refractivity contribution in [3.05, 3.63) is 18.1 Å². The van der Waals surface area contributed by atoms with Crippen molar-refractivity contribution in [2.75, 3.05) is 42.7 Å². The highest BCUT2D eigenvalue weighted by Gasteiger charge is 2.17. The molecule has 0 aliphatic carbocycles.